The van der Waals surface area contributed by atoms with Gasteiger partial charge in [-0.05, 0) is 24.3 Å². The first-order chi connectivity index (χ1) is 8.51. The summed E-state index contributed by atoms with van der Waals surface area (Å²) in [6.07, 6.45) is 0. The SMILES string of the molecule is CN(C)S(=O)(=O)c1ccc(N2CCNCC2)cc1.Cl. The van der Waals surface area contributed by atoms with Crippen molar-refractivity contribution in [1.82, 2.24) is 9.62 Å². The molecule has 19 heavy (non-hydrogen) atoms. The summed E-state index contributed by atoms with van der Waals surface area (Å²) in [5.74, 6) is 0. The summed E-state index contributed by atoms with van der Waals surface area (Å²) < 4.78 is 25.1. The van der Waals surface area contributed by atoms with Gasteiger partial charge in [0, 0.05) is 46.0 Å². The normalized spacial score (nSPS) is 16.3. The number of hydrogen-bond acceptors (Lipinski definition) is 4. The summed E-state index contributed by atoms with van der Waals surface area (Å²) in [6.45, 7) is 3.86. The zero-order valence-corrected chi connectivity index (χ0v) is 12.8. The van der Waals surface area contributed by atoms with Crippen molar-refractivity contribution in [2.75, 3.05) is 45.2 Å². The average Bonchev–Trinajstić information content (AvgIpc) is 2.40. The molecule has 0 bridgehead atoms. The predicted octanol–water partition coefficient (Wildman–Crippen LogP) is 0.768. The minimum absolute atomic E-state index is 0. The number of hydrogen-bond donors (Lipinski definition) is 1. The minimum atomic E-state index is -3.32. The Kier molecular flexibility index (Phi) is 5.61. The first kappa shape index (κ1) is 16.2. The van der Waals surface area contributed by atoms with Gasteiger partial charge in [-0.2, -0.15) is 0 Å². The van der Waals surface area contributed by atoms with Crippen molar-refractivity contribution in [3.8, 4) is 0 Å². The van der Waals surface area contributed by atoms with E-state index in [1.165, 1.54) is 4.31 Å². The topological polar surface area (TPSA) is 52.7 Å². The molecule has 1 aliphatic rings. The quantitative estimate of drug-likeness (QED) is 0.896. The van der Waals surface area contributed by atoms with E-state index in [2.05, 4.69) is 10.2 Å². The third kappa shape index (κ3) is 3.60. The maximum atomic E-state index is 11.9. The number of nitrogens with one attached hydrogen (secondary N) is 1. The maximum absolute atomic E-state index is 11.9. The van der Waals surface area contributed by atoms with E-state index >= 15 is 0 Å². The second-order valence-electron chi connectivity index (χ2n) is 4.52. The molecule has 1 N–H and O–H groups in total. The monoisotopic (exact) mass is 305 g/mol. The van der Waals surface area contributed by atoms with Crippen molar-refractivity contribution in [3.05, 3.63) is 24.3 Å². The Hall–Kier alpha value is -0.820. The second kappa shape index (κ2) is 6.56. The minimum Gasteiger partial charge on any atom is -0.369 e. The third-order valence-electron chi connectivity index (χ3n) is 3.10. The zero-order valence-electron chi connectivity index (χ0n) is 11.2. The Morgan fingerprint density at radius 3 is 2.11 bits per heavy atom. The molecule has 0 amide bonds. The third-order valence-corrected chi connectivity index (χ3v) is 4.93. The molecule has 108 valence electrons. The molecule has 0 atom stereocenters. The molecule has 0 aliphatic carbocycles. The molecule has 5 nitrogen and oxygen atoms in total. The Balaban J connectivity index is 0.00000180. The Labute approximate surface area is 121 Å². The van der Waals surface area contributed by atoms with Crippen molar-refractivity contribution in [1.29, 1.82) is 0 Å². The van der Waals surface area contributed by atoms with Gasteiger partial charge in [-0.25, -0.2) is 12.7 Å². The van der Waals surface area contributed by atoms with Crippen LogP contribution in [0.25, 0.3) is 0 Å². The van der Waals surface area contributed by atoms with Crippen LogP contribution in [0.4, 0.5) is 5.69 Å². The Bertz CT molecular complexity index is 496. The highest BCUT2D eigenvalue weighted by molar-refractivity contribution is 7.89. The lowest BCUT2D eigenvalue weighted by molar-refractivity contribution is 0.520. The van der Waals surface area contributed by atoms with E-state index in [1.807, 2.05) is 12.1 Å². The van der Waals surface area contributed by atoms with Crippen LogP contribution in [0, 0.1) is 0 Å². The van der Waals surface area contributed by atoms with E-state index in [4.69, 9.17) is 0 Å². The predicted molar refractivity (Wildman–Crippen MR) is 79.6 cm³/mol. The number of anilines is 1. The molecular formula is C12H20ClN3O2S. The summed E-state index contributed by atoms with van der Waals surface area (Å²) in [5.41, 5.74) is 1.08. The smallest absolute Gasteiger partial charge is 0.242 e. The van der Waals surface area contributed by atoms with Gasteiger partial charge >= 0.3 is 0 Å². The molecule has 0 radical (unpaired) electrons. The van der Waals surface area contributed by atoms with E-state index in [0.717, 1.165) is 31.9 Å². The van der Waals surface area contributed by atoms with E-state index in [-0.39, 0.29) is 12.4 Å². The van der Waals surface area contributed by atoms with Crippen LogP contribution in [-0.2, 0) is 10.0 Å². The number of piperazine rings is 1. The molecule has 7 heteroatoms. The Morgan fingerprint density at radius 2 is 1.63 bits per heavy atom. The van der Waals surface area contributed by atoms with Crippen LogP contribution in [0.2, 0.25) is 0 Å². The van der Waals surface area contributed by atoms with Crippen LogP contribution < -0.4 is 10.2 Å². The van der Waals surface area contributed by atoms with Gasteiger partial charge in [0.1, 0.15) is 0 Å². The maximum Gasteiger partial charge on any atom is 0.242 e. The molecule has 1 aliphatic heterocycles. The van der Waals surface area contributed by atoms with Crippen LogP contribution in [0.5, 0.6) is 0 Å². The first-order valence-corrected chi connectivity index (χ1v) is 7.44. The highest BCUT2D eigenvalue weighted by Crippen LogP contribution is 2.19. The van der Waals surface area contributed by atoms with Crippen molar-refractivity contribution in [3.63, 3.8) is 0 Å². The molecule has 1 aromatic carbocycles. The van der Waals surface area contributed by atoms with Crippen molar-refractivity contribution >= 4 is 28.1 Å². The fourth-order valence-corrected chi connectivity index (χ4v) is 2.86. The average molecular weight is 306 g/mol. The van der Waals surface area contributed by atoms with Gasteiger partial charge in [0.05, 0.1) is 4.90 Å². The molecule has 1 saturated heterocycles. The van der Waals surface area contributed by atoms with E-state index < -0.39 is 10.0 Å². The van der Waals surface area contributed by atoms with Gasteiger partial charge in [0.2, 0.25) is 10.0 Å². The van der Waals surface area contributed by atoms with Crippen molar-refractivity contribution in [2.45, 2.75) is 4.90 Å². The second-order valence-corrected chi connectivity index (χ2v) is 6.67. The van der Waals surface area contributed by atoms with E-state index in [1.54, 1.807) is 26.2 Å². The highest BCUT2D eigenvalue weighted by atomic mass is 35.5. The van der Waals surface area contributed by atoms with Crippen LogP contribution >= 0.6 is 12.4 Å². The molecule has 0 aromatic heterocycles. The highest BCUT2D eigenvalue weighted by Gasteiger charge is 2.17. The molecule has 1 aromatic rings. The number of rotatable bonds is 3. The standard InChI is InChI=1S/C12H19N3O2S.ClH/c1-14(2)18(16,17)12-5-3-11(4-6-12)15-9-7-13-8-10-15;/h3-6,13H,7-10H2,1-2H3;1H. The van der Waals surface area contributed by atoms with Gasteiger partial charge in [-0.15, -0.1) is 12.4 Å². The number of nitrogens with zero attached hydrogens (tertiary/aromatic N) is 2. The largest absolute Gasteiger partial charge is 0.369 e. The summed E-state index contributed by atoms with van der Waals surface area (Å²) in [5, 5.41) is 3.29. The lowest BCUT2D eigenvalue weighted by Gasteiger charge is -2.29. The van der Waals surface area contributed by atoms with Gasteiger partial charge in [-0.1, -0.05) is 0 Å². The number of sulfonamides is 1. The van der Waals surface area contributed by atoms with E-state index in [0.29, 0.717) is 4.90 Å². The van der Waals surface area contributed by atoms with Gasteiger partial charge in [0.15, 0.2) is 0 Å². The number of benzene rings is 1. The lowest BCUT2D eigenvalue weighted by Crippen LogP contribution is -2.43. The van der Waals surface area contributed by atoms with Crippen LogP contribution in [-0.4, -0.2) is 53.0 Å². The zero-order chi connectivity index (χ0) is 13.2. The summed E-state index contributed by atoms with van der Waals surface area (Å²) >= 11 is 0. The summed E-state index contributed by atoms with van der Waals surface area (Å²) in [4.78, 5) is 2.59. The van der Waals surface area contributed by atoms with Gasteiger partial charge in [0.25, 0.3) is 0 Å². The fraction of sp³-hybridized carbons (Fsp3) is 0.500. The van der Waals surface area contributed by atoms with Crippen LogP contribution in [0.15, 0.2) is 29.2 Å². The van der Waals surface area contributed by atoms with Gasteiger partial charge < -0.3 is 10.2 Å². The summed E-state index contributed by atoms with van der Waals surface area (Å²) in [6, 6.07) is 7.10. The van der Waals surface area contributed by atoms with Crippen molar-refractivity contribution < 1.29 is 8.42 Å². The fourth-order valence-electron chi connectivity index (χ4n) is 1.96. The molecular weight excluding hydrogens is 286 g/mol. The lowest BCUT2D eigenvalue weighted by atomic mass is 10.2. The van der Waals surface area contributed by atoms with Crippen molar-refractivity contribution in [2.24, 2.45) is 0 Å². The Morgan fingerprint density at radius 1 is 1.11 bits per heavy atom. The molecule has 1 heterocycles. The van der Waals surface area contributed by atoms with E-state index in [9.17, 15) is 8.42 Å². The molecule has 0 unspecified atom stereocenters. The van der Waals surface area contributed by atoms with Crippen LogP contribution in [0.1, 0.15) is 0 Å². The van der Waals surface area contributed by atoms with Gasteiger partial charge in [-0.3, -0.25) is 0 Å². The molecule has 0 saturated carbocycles. The first-order valence-electron chi connectivity index (χ1n) is 6.00. The number of halogens is 1. The molecule has 0 spiro atoms. The molecule has 2 rings (SSSR count). The van der Waals surface area contributed by atoms with Crippen LogP contribution in [0.3, 0.4) is 0 Å². The molecule has 1 fully saturated rings. The summed E-state index contributed by atoms with van der Waals surface area (Å²) in [7, 11) is -0.239.